The third-order valence-corrected chi connectivity index (χ3v) is 4.07. The second-order valence-corrected chi connectivity index (χ2v) is 5.34. The number of nitrogens with zero attached hydrogens (tertiary/aromatic N) is 1. The first-order valence-electron chi connectivity index (χ1n) is 7.36. The molecule has 1 N–H and O–H groups in total. The van der Waals surface area contributed by atoms with Crippen LogP contribution in [-0.4, -0.2) is 30.5 Å². The van der Waals surface area contributed by atoms with Crippen LogP contribution < -0.4 is 10.1 Å². The Labute approximate surface area is 124 Å². The number of carbonyl (C=O) groups excluding carboxylic acids is 1. The van der Waals surface area contributed by atoms with Crippen LogP contribution in [-0.2, 0) is 0 Å². The van der Waals surface area contributed by atoms with Crippen LogP contribution in [0, 0.1) is 0 Å². The minimum atomic E-state index is 0.0705. The summed E-state index contributed by atoms with van der Waals surface area (Å²) in [4.78, 5) is 12.7. The molecule has 0 atom stereocenters. The Bertz CT molecular complexity index is 610. The summed E-state index contributed by atoms with van der Waals surface area (Å²) in [5, 5.41) is 3.36. The standard InChI is InChI=1S/C17H20N2O2/c1-21-15-6-4-13(5-7-15)17(20)16-3-2-12-19(16)14-8-10-18-11-9-14/h2-7,12,14,18H,8-11H2,1H3. The van der Waals surface area contributed by atoms with E-state index in [1.54, 1.807) is 7.11 Å². The molecule has 1 fully saturated rings. The molecule has 2 heterocycles. The Hall–Kier alpha value is -2.07. The summed E-state index contributed by atoms with van der Waals surface area (Å²) in [5.41, 5.74) is 1.47. The van der Waals surface area contributed by atoms with Crippen LogP contribution in [0.5, 0.6) is 5.75 Å². The molecule has 4 nitrogen and oxygen atoms in total. The van der Waals surface area contributed by atoms with Crippen molar-refractivity contribution in [3.63, 3.8) is 0 Å². The molecule has 0 amide bonds. The molecule has 0 saturated carbocycles. The Morgan fingerprint density at radius 2 is 1.90 bits per heavy atom. The molecule has 1 aliphatic heterocycles. The topological polar surface area (TPSA) is 43.3 Å². The van der Waals surface area contributed by atoms with Crippen molar-refractivity contribution in [3.8, 4) is 5.75 Å². The van der Waals surface area contributed by atoms with E-state index >= 15 is 0 Å². The molecule has 21 heavy (non-hydrogen) atoms. The largest absolute Gasteiger partial charge is 0.497 e. The maximum absolute atomic E-state index is 12.7. The Morgan fingerprint density at radius 1 is 1.19 bits per heavy atom. The number of rotatable bonds is 4. The van der Waals surface area contributed by atoms with Gasteiger partial charge >= 0.3 is 0 Å². The highest BCUT2D eigenvalue weighted by molar-refractivity contribution is 6.08. The molecular weight excluding hydrogens is 264 g/mol. The molecule has 1 aliphatic rings. The predicted octanol–water partition coefficient (Wildman–Crippen LogP) is 2.65. The van der Waals surface area contributed by atoms with Crippen LogP contribution in [0.15, 0.2) is 42.6 Å². The minimum Gasteiger partial charge on any atom is -0.497 e. The zero-order valence-electron chi connectivity index (χ0n) is 12.2. The van der Waals surface area contributed by atoms with Gasteiger partial charge in [-0.2, -0.15) is 0 Å². The van der Waals surface area contributed by atoms with E-state index < -0.39 is 0 Å². The third-order valence-electron chi connectivity index (χ3n) is 4.07. The van der Waals surface area contributed by atoms with Crippen molar-refractivity contribution in [2.24, 2.45) is 0 Å². The van der Waals surface area contributed by atoms with Gasteiger partial charge in [-0.1, -0.05) is 0 Å². The molecule has 4 heteroatoms. The summed E-state index contributed by atoms with van der Waals surface area (Å²) in [7, 11) is 1.62. The molecule has 2 aromatic rings. The van der Waals surface area contributed by atoms with Gasteiger partial charge in [0, 0.05) is 17.8 Å². The fraction of sp³-hybridized carbons (Fsp3) is 0.353. The van der Waals surface area contributed by atoms with Crippen molar-refractivity contribution in [3.05, 3.63) is 53.9 Å². The summed E-state index contributed by atoms with van der Waals surface area (Å²) < 4.78 is 7.27. The quantitative estimate of drug-likeness (QED) is 0.878. The Morgan fingerprint density at radius 3 is 2.57 bits per heavy atom. The number of ketones is 1. The van der Waals surface area contributed by atoms with Gasteiger partial charge in [-0.3, -0.25) is 4.79 Å². The minimum absolute atomic E-state index is 0.0705. The zero-order valence-corrected chi connectivity index (χ0v) is 12.2. The molecule has 0 unspecified atom stereocenters. The average Bonchev–Trinajstić information content (AvgIpc) is 3.04. The number of ether oxygens (including phenoxy) is 1. The number of hydrogen-bond acceptors (Lipinski definition) is 3. The molecule has 1 saturated heterocycles. The molecule has 1 aromatic carbocycles. The maximum atomic E-state index is 12.7. The third kappa shape index (κ3) is 2.85. The van der Waals surface area contributed by atoms with Gasteiger partial charge in [0.15, 0.2) is 0 Å². The van der Waals surface area contributed by atoms with Crippen LogP contribution >= 0.6 is 0 Å². The lowest BCUT2D eigenvalue weighted by Crippen LogP contribution is -2.30. The second kappa shape index (κ2) is 6.14. The molecule has 110 valence electrons. The highest BCUT2D eigenvalue weighted by Gasteiger charge is 2.20. The average molecular weight is 284 g/mol. The lowest BCUT2D eigenvalue weighted by molar-refractivity contribution is 0.102. The summed E-state index contributed by atoms with van der Waals surface area (Å²) in [6.45, 7) is 2.03. The van der Waals surface area contributed by atoms with Gasteiger partial charge < -0.3 is 14.6 Å². The van der Waals surface area contributed by atoms with Crippen LogP contribution in [0.4, 0.5) is 0 Å². The number of carbonyl (C=O) groups is 1. The fourth-order valence-corrected chi connectivity index (χ4v) is 2.88. The lowest BCUT2D eigenvalue weighted by Gasteiger charge is -2.25. The number of hydrogen-bond donors (Lipinski definition) is 1. The highest BCUT2D eigenvalue weighted by Crippen LogP contribution is 2.23. The van der Waals surface area contributed by atoms with E-state index in [0.717, 1.165) is 37.4 Å². The van der Waals surface area contributed by atoms with E-state index in [1.807, 2.05) is 42.6 Å². The molecule has 0 radical (unpaired) electrons. The zero-order chi connectivity index (χ0) is 14.7. The smallest absolute Gasteiger partial charge is 0.209 e. The van der Waals surface area contributed by atoms with Gasteiger partial charge in [-0.05, 0) is 62.3 Å². The van der Waals surface area contributed by atoms with Crippen LogP contribution in [0.3, 0.4) is 0 Å². The molecule has 3 rings (SSSR count). The van der Waals surface area contributed by atoms with Gasteiger partial charge in [0.05, 0.1) is 12.8 Å². The molecule has 0 aliphatic carbocycles. The molecule has 0 spiro atoms. The summed E-state index contributed by atoms with van der Waals surface area (Å²) in [6, 6.07) is 11.6. The second-order valence-electron chi connectivity index (χ2n) is 5.34. The first-order chi connectivity index (χ1) is 10.3. The summed E-state index contributed by atoms with van der Waals surface area (Å²) in [5.74, 6) is 0.835. The Balaban J connectivity index is 1.85. The number of piperidine rings is 1. The first-order valence-corrected chi connectivity index (χ1v) is 7.36. The van der Waals surface area contributed by atoms with Crippen molar-refractivity contribution in [1.82, 2.24) is 9.88 Å². The Kier molecular flexibility index (Phi) is 4.06. The van der Waals surface area contributed by atoms with E-state index in [2.05, 4.69) is 9.88 Å². The normalized spacial score (nSPS) is 15.9. The summed E-state index contributed by atoms with van der Waals surface area (Å²) >= 11 is 0. The van der Waals surface area contributed by atoms with Crippen molar-refractivity contribution < 1.29 is 9.53 Å². The number of methoxy groups -OCH3 is 1. The van der Waals surface area contributed by atoms with Crippen molar-refractivity contribution >= 4 is 5.78 Å². The van der Waals surface area contributed by atoms with E-state index in [4.69, 9.17) is 4.74 Å². The van der Waals surface area contributed by atoms with Gasteiger partial charge in [-0.15, -0.1) is 0 Å². The predicted molar refractivity (Wildman–Crippen MR) is 82.0 cm³/mol. The van der Waals surface area contributed by atoms with Crippen molar-refractivity contribution in [2.45, 2.75) is 18.9 Å². The van der Waals surface area contributed by atoms with Crippen molar-refractivity contribution in [1.29, 1.82) is 0 Å². The monoisotopic (exact) mass is 284 g/mol. The molecule has 0 bridgehead atoms. The maximum Gasteiger partial charge on any atom is 0.209 e. The fourth-order valence-electron chi connectivity index (χ4n) is 2.88. The number of benzene rings is 1. The van der Waals surface area contributed by atoms with Gasteiger partial charge in [0.25, 0.3) is 0 Å². The van der Waals surface area contributed by atoms with Gasteiger partial charge in [-0.25, -0.2) is 0 Å². The van der Waals surface area contributed by atoms with Crippen LogP contribution in [0.25, 0.3) is 0 Å². The number of aromatic nitrogens is 1. The number of nitrogens with one attached hydrogen (secondary N) is 1. The van der Waals surface area contributed by atoms with Gasteiger partial charge in [0.1, 0.15) is 5.75 Å². The highest BCUT2D eigenvalue weighted by atomic mass is 16.5. The van der Waals surface area contributed by atoms with Crippen LogP contribution in [0.1, 0.15) is 34.9 Å². The van der Waals surface area contributed by atoms with E-state index in [1.165, 1.54) is 0 Å². The molecule has 1 aromatic heterocycles. The van der Waals surface area contributed by atoms with E-state index in [0.29, 0.717) is 11.6 Å². The SMILES string of the molecule is COc1ccc(C(=O)c2cccn2C2CCNCC2)cc1. The molecular formula is C17H20N2O2. The van der Waals surface area contributed by atoms with E-state index in [-0.39, 0.29) is 5.78 Å². The van der Waals surface area contributed by atoms with E-state index in [9.17, 15) is 4.79 Å². The van der Waals surface area contributed by atoms with Crippen LogP contribution in [0.2, 0.25) is 0 Å². The van der Waals surface area contributed by atoms with Crippen molar-refractivity contribution in [2.75, 3.05) is 20.2 Å². The first kappa shape index (κ1) is 13.9. The summed E-state index contributed by atoms with van der Waals surface area (Å²) in [6.07, 6.45) is 4.15. The lowest BCUT2D eigenvalue weighted by atomic mass is 10.0. The van der Waals surface area contributed by atoms with Gasteiger partial charge in [0.2, 0.25) is 5.78 Å².